The average molecular weight is 186 g/mol. The van der Waals surface area contributed by atoms with Crippen LogP contribution in [0.1, 0.15) is 58.3 Å². The molecule has 0 atom stereocenters. The Balaban J connectivity index is 2.95. The van der Waals surface area contributed by atoms with Gasteiger partial charge in [-0.3, -0.25) is 0 Å². The lowest BCUT2D eigenvalue weighted by Gasteiger charge is -2.01. The topological polar surface area (TPSA) is 0 Å². The van der Waals surface area contributed by atoms with E-state index in [1.165, 1.54) is 38.5 Å². The second-order valence-corrected chi connectivity index (χ2v) is 3.75. The Kier molecular flexibility index (Phi) is 9.51. The maximum absolute atomic E-state index is 12.0. The van der Waals surface area contributed by atoms with Crippen LogP contribution in [0.3, 0.4) is 0 Å². The minimum Gasteiger partial charge on any atom is -0.246 e. The fraction of sp³-hybridized carbons (Fsp3) is 0.833. The molecule has 0 bridgehead atoms. The summed E-state index contributed by atoms with van der Waals surface area (Å²) in [6.45, 7) is 5.54. The van der Waals surface area contributed by atoms with Gasteiger partial charge >= 0.3 is 0 Å². The summed E-state index contributed by atoms with van der Waals surface area (Å²) in [5.74, 6) is 0. The molecule has 0 aliphatic rings. The van der Waals surface area contributed by atoms with Gasteiger partial charge in [0.15, 0.2) is 0 Å². The van der Waals surface area contributed by atoms with Crippen molar-refractivity contribution in [1.82, 2.24) is 0 Å². The molecule has 0 nitrogen and oxygen atoms in total. The SMILES string of the molecule is C=C(CF)CCCCCCCCC. The molecule has 0 aromatic carbocycles. The number of hydrogen-bond donors (Lipinski definition) is 0. The van der Waals surface area contributed by atoms with Crippen molar-refractivity contribution in [3.63, 3.8) is 0 Å². The summed E-state index contributed by atoms with van der Waals surface area (Å²) in [6.07, 6.45) is 9.91. The van der Waals surface area contributed by atoms with Crippen LogP contribution in [0.5, 0.6) is 0 Å². The van der Waals surface area contributed by atoms with Crippen LogP contribution in [-0.4, -0.2) is 6.67 Å². The molecular formula is C12H23F. The third-order valence-electron chi connectivity index (χ3n) is 2.32. The highest BCUT2D eigenvalue weighted by Gasteiger charge is 1.94. The molecule has 0 amide bonds. The van der Waals surface area contributed by atoms with Gasteiger partial charge in [0.05, 0.1) is 0 Å². The number of allylic oxidation sites excluding steroid dienone is 1. The highest BCUT2D eigenvalue weighted by atomic mass is 19.1. The van der Waals surface area contributed by atoms with Crippen molar-refractivity contribution in [3.8, 4) is 0 Å². The Labute approximate surface area is 82.2 Å². The molecule has 0 aromatic rings. The molecule has 0 spiro atoms. The lowest BCUT2D eigenvalue weighted by atomic mass is 10.1. The molecule has 0 unspecified atom stereocenters. The fourth-order valence-corrected chi connectivity index (χ4v) is 1.40. The lowest BCUT2D eigenvalue weighted by Crippen LogP contribution is -1.85. The molecule has 0 N–H and O–H groups in total. The van der Waals surface area contributed by atoms with Crippen LogP contribution < -0.4 is 0 Å². The zero-order valence-electron chi connectivity index (χ0n) is 8.95. The van der Waals surface area contributed by atoms with Crippen molar-refractivity contribution in [1.29, 1.82) is 0 Å². The van der Waals surface area contributed by atoms with Crippen LogP contribution in [-0.2, 0) is 0 Å². The number of unbranched alkanes of at least 4 members (excludes halogenated alkanes) is 6. The van der Waals surface area contributed by atoms with E-state index in [1.54, 1.807) is 0 Å². The fourth-order valence-electron chi connectivity index (χ4n) is 1.40. The van der Waals surface area contributed by atoms with E-state index < -0.39 is 0 Å². The first-order chi connectivity index (χ1) is 6.31. The van der Waals surface area contributed by atoms with Gasteiger partial charge in [-0.05, 0) is 18.4 Å². The van der Waals surface area contributed by atoms with Gasteiger partial charge in [0, 0.05) is 0 Å². The number of alkyl halides is 1. The minimum absolute atomic E-state index is 0.337. The lowest BCUT2D eigenvalue weighted by molar-refractivity contribution is 0.520. The predicted octanol–water partition coefficient (Wildman–Crippen LogP) is 4.65. The van der Waals surface area contributed by atoms with Gasteiger partial charge in [0.2, 0.25) is 0 Å². The van der Waals surface area contributed by atoms with Crippen molar-refractivity contribution in [2.45, 2.75) is 58.3 Å². The summed E-state index contributed by atoms with van der Waals surface area (Å²) >= 11 is 0. The monoisotopic (exact) mass is 186 g/mol. The first kappa shape index (κ1) is 12.7. The molecule has 0 radical (unpaired) electrons. The van der Waals surface area contributed by atoms with E-state index in [1.807, 2.05) is 0 Å². The largest absolute Gasteiger partial charge is 0.246 e. The highest BCUT2D eigenvalue weighted by molar-refractivity contribution is 4.92. The van der Waals surface area contributed by atoms with Crippen molar-refractivity contribution >= 4 is 0 Å². The molecule has 0 aliphatic heterocycles. The highest BCUT2D eigenvalue weighted by Crippen LogP contribution is 2.11. The molecule has 0 fully saturated rings. The van der Waals surface area contributed by atoms with E-state index in [0.717, 1.165) is 18.4 Å². The minimum atomic E-state index is -0.337. The van der Waals surface area contributed by atoms with E-state index in [0.29, 0.717) is 0 Å². The molecule has 0 saturated carbocycles. The molecule has 13 heavy (non-hydrogen) atoms. The number of halogens is 1. The van der Waals surface area contributed by atoms with Crippen LogP contribution in [0, 0.1) is 0 Å². The smallest absolute Gasteiger partial charge is 0.110 e. The first-order valence-corrected chi connectivity index (χ1v) is 5.54. The van der Waals surface area contributed by atoms with E-state index in [9.17, 15) is 4.39 Å². The van der Waals surface area contributed by atoms with Crippen molar-refractivity contribution in [3.05, 3.63) is 12.2 Å². The molecule has 0 saturated heterocycles. The van der Waals surface area contributed by atoms with Gasteiger partial charge in [0.1, 0.15) is 6.67 Å². The Morgan fingerprint density at radius 2 is 1.54 bits per heavy atom. The van der Waals surface area contributed by atoms with Gasteiger partial charge in [-0.15, -0.1) is 0 Å². The normalized spacial score (nSPS) is 10.3. The summed E-state index contributed by atoms with van der Waals surface area (Å²) in [6, 6.07) is 0. The van der Waals surface area contributed by atoms with Gasteiger partial charge in [-0.2, -0.15) is 0 Å². The van der Waals surface area contributed by atoms with Crippen LogP contribution in [0.15, 0.2) is 12.2 Å². The van der Waals surface area contributed by atoms with Crippen LogP contribution in [0.2, 0.25) is 0 Å². The first-order valence-electron chi connectivity index (χ1n) is 5.54. The van der Waals surface area contributed by atoms with Crippen LogP contribution >= 0.6 is 0 Å². The molecule has 0 heterocycles. The Morgan fingerprint density at radius 1 is 1.00 bits per heavy atom. The summed E-state index contributed by atoms with van der Waals surface area (Å²) < 4.78 is 12.0. The van der Waals surface area contributed by atoms with E-state index >= 15 is 0 Å². The third kappa shape index (κ3) is 9.59. The van der Waals surface area contributed by atoms with E-state index in [4.69, 9.17) is 0 Å². The quantitative estimate of drug-likeness (QED) is 0.363. The summed E-state index contributed by atoms with van der Waals surface area (Å²) in [4.78, 5) is 0. The summed E-state index contributed by atoms with van der Waals surface area (Å²) in [5, 5.41) is 0. The van der Waals surface area contributed by atoms with E-state index in [-0.39, 0.29) is 6.67 Å². The van der Waals surface area contributed by atoms with Gasteiger partial charge in [-0.25, -0.2) is 4.39 Å². The molecule has 0 rings (SSSR count). The second-order valence-electron chi connectivity index (χ2n) is 3.75. The van der Waals surface area contributed by atoms with Crippen molar-refractivity contribution < 1.29 is 4.39 Å². The molecule has 0 aromatic heterocycles. The second kappa shape index (κ2) is 9.76. The van der Waals surface area contributed by atoms with Crippen molar-refractivity contribution in [2.75, 3.05) is 6.67 Å². The van der Waals surface area contributed by atoms with Crippen LogP contribution in [0.25, 0.3) is 0 Å². The van der Waals surface area contributed by atoms with E-state index in [2.05, 4.69) is 13.5 Å². The summed E-state index contributed by atoms with van der Waals surface area (Å²) in [5.41, 5.74) is 0.758. The van der Waals surface area contributed by atoms with Gasteiger partial charge < -0.3 is 0 Å². The predicted molar refractivity (Wildman–Crippen MR) is 57.7 cm³/mol. The number of rotatable bonds is 9. The third-order valence-corrected chi connectivity index (χ3v) is 2.32. The Morgan fingerprint density at radius 3 is 2.08 bits per heavy atom. The number of hydrogen-bond acceptors (Lipinski definition) is 0. The van der Waals surface area contributed by atoms with Crippen LogP contribution in [0.4, 0.5) is 4.39 Å². The van der Waals surface area contributed by atoms with Gasteiger partial charge in [0.25, 0.3) is 0 Å². The van der Waals surface area contributed by atoms with Gasteiger partial charge in [-0.1, -0.05) is 52.0 Å². The Hall–Kier alpha value is -0.330. The maximum Gasteiger partial charge on any atom is 0.110 e. The summed E-state index contributed by atoms with van der Waals surface area (Å²) in [7, 11) is 0. The molecule has 1 heteroatoms. The molecule has 0 aliphatic carbocycles. The zero-order valence-corrected chi connectivity index (χ0v) is 8.95. The van der Waals surface area contributed by atoms with Crippen molar-refractivity contribution in [2.24, 2.45) is 0 Å². The Bertz CT molecular complexity index is 118. The maximum atomic E-state index is 12.0. The standard InChI is InChI=1S/C12H23F/c1-3-4-5-6-7-8-9-10-12(2)11-13/h2-11H2,1H3. The average Bonchev–Trinajstić information content (AvgIpc) is 2.16. The molecular weight excluding hydrogens is 163 g/mol. The molecule has 78 valence electrons. The zero-order chi connectivity index (χ0) is 9.94.